The van der Waals surface area contributed by atoms with E-state index in [-0.39, 0.29) is 17.2 Å². The molecule has 2 rings (SSSR count). The molecule has 104 valence electrons. The molecule has 0 spiro atoms. The Morgan fingerprint density at radius 1 is 1.32 bits per heavy atom. The van der Waals surface area contributed by atoms with Crippen LogP contribution in [0.25, 0.3) is 0 Å². The normalized spacial score (nSPS) is 23.3. The zero-order valence-corrected chi connectivity index (χ0v) is 11.7. The lowest BCUT2D eigenvalue weighted by Crippen LogP contribution is -2.41. The van der Waals surface area contributed by atoms with Gasteiger partial charge in [0.1, 0.15) is 0 Å². The molecule has 1 aliphatic rings. The number of rotatable bonds is 4. The monoisotopic (exact) mass is 261 g/mol. The smallest absolute Gasteiger partial charge is 0.225 e. The minimum Gasteiger partial charge on any atom is -0.392 e. The first-order valence-electron chi connectivity index (χ1n) is 7.02. The topological polar surface area (TPSA) is 49.3 Å². The van der Waals surface area contributed by atoms with E-state index in [2.05, 4.69) is 31.3 Å². The highest BCUT2D eigenvalue weighted by molar-refractivity contribution is 5.79. The average Bonchev–Trinajstić information content (AvgIpc) is 2.83. The fourth-order valence-corrected chi connectivity index (χ4v) is 2.68. The molecule has 1 fully saturated rings. The molecule has 1 saturated carbocycles. The van der Waals surface area contributed by atoms with E-state index in [1.807, 2.05) is 18.2 Å². The van der Waals surface area contributed by atoms with Crippen molar-refractivity contribution in [3.05, 3.63) is 35.9 Å². The van der Waals surface area contributed by atoms with E-state index in [0.29, 0.717) is 6.54 Å². The molecule has 1 aliphatic carbocycles. The van der Waals surface area contributed by atoms with Crippen molar-refractivity contribution in [2.75, 3.05) is 6.54 Å². The van der Waals surface area contributed by atoms with E-state index in [1.54, 1.807) is 0 Å². The summed E-state index contributed by atoms with van der Waals surface area (Å²) in [6.07, 6.45) is 2.04. The van der Waals surface area contributed by atoms with Crippen LogP contribution in [0.5, 0.6) is 0 Å². The Bertz CT molecular complexity index is 428. The molecular formula is C16H23NO2. The third-order valence-electron chi connectivity index (χ3n) is 4.08. The number of benzene rings is 1. The Hall–Kier alpha value is -1.35. The predicted molar refractivity (Wildman–Crippen MR) is 75.8 cm³/mol. The van der Waals surface area contributed by atoms with E-state index in [9.17, 15) is 9.90 Å². The molecule has 1 aromatic rings. The Labute approximate surface area is 115 Å². The summed E-state index contributed by atoms with van der Waals surface area (Å²) in [5.74, 6) is -0.222. The Kier molecular flexibility index (Phi) is 4.25. The molecule has 19 heavy (non-hydrogen) atoms. The van der Waals surface area contributed by atoms with E-state index in [4.69, 9.17) is 0 Å². The number of hydrogen-bond acceptors (Lipinski definition) is 2. The van der Waals surface area contributed by atoms with Crippen LogP contribution in [0, 0.1) is 5.92 Å². The van der Waals surface area contributed by atoms with Crippen LogP contribution in [0.1, 0.15) is 38.7 Å². The quantitative estimate of drug-likeness (QED) is 0.873. The molecule has 0 saturated heterocycles. The van der Waals surface area contributed by atoms with Crippen LogP contribution in [-0.4, -0.2) is 23.7 Å². The van der Waals surface area contributed by atoms with E-state index < -0.39 is 6.10 Å². The van der Waals surface area contributed by atoms with Gasteiger partial charge in [-0.15, -0.1) is 0 Å². The van der Waals surface area contributed by atoms with E-state index in [0.717, 1.165) is 19.3 Å². The number of nitrogens with one attached hydrogen (secondary N) is 1. The molecule has 0 radical (unpaired) electrons. The minimum absolute atomic E-state index is 0.00555. The van der Waals surface area contributed by atoms with Gasteiger partial charge in [-0.3, -0.25) is 4.79 Å². The van der Waals surface area contributed by atoms with Crippen molar-refractivity contribution >= 4 is 5.91 Å². The summed E-state index contributed by atoms with van der Waals surface area (Å²) in [6, 6.07) is 10.2. The molecule has 0 heterocycles. The first-order chi connectivity index (χ1) is 9.00. The molecular weight excluding hydrogens is 238 g/mol. The largest absolute Gasteiger partial charge is 0.392 e. The second-order valence-electron chi connectivity index (χ2n) is 6.07. The third kappa shape index (κ3) is 3.35. The van der Waals surface area contributed by atoms with Crippen LogP contribution < -0.4 is 5.32 Å². The van der Waals surface area contributed by atoms with Gasteiger partial charge in [0.2, 0.25) is 5.91 Å². The molecule has 0 aromatic heterocycles. The van der Waals surface area contributed by atoms with Gasteiger partial charge in [0.25, 0.3) is 0 Å². The Balaban J connectivity index is 1.93. The molecule has 3 heteroatoms. The standard InChI is InChI=1S/C16H23NO2/c1-16(2,12-7-4-3-5-8-12)11-17-15(19)13-9-6-10-14(13)18/h3-5,7-8,13-14,18H,6,9-11H2,1-2H3,(H,17,19). The summed E-state index contributed by atoms with van der Waals surface area (Å²) in [7, 11) is 0. The number of hydrogen-bond donors (Lipinski definition) is 2. The maximum atomic E-state index is 12.1. The number of carbonyl (C=O) groups excluding carboxylic acids is 1. The maximum Gasteiger partial charge on any atom is 0.225 e. The Morgan fingerprint density at radius 3 is 2.58 bits per heavy atom. The van der Waals surface area contributed by atoms with E-state index in [1.165, 1.54) is 5.56 Å². The molecule has 1 amide bonds. The van der Waals surface area contributed by atoms with Crippen LogP contribution in [-0.2, 0) is 10.2 Å². The SMILES string of the molecule is CC(C)(CNC(=O)C1CCCC1O)c1ccccc1. The number of carbonyl (C=O) groups is 1. The van der Waals surface area contributed by atoms with Gasteiger partial charge >= 0.3 is 0 Å². The van der Waals surface area contributed by atoms with Crippen molar-refractivity contribution < 1.29 is 9.90 Å². The van der Waals surface area contributed by atoms with Crippen LogP contribution in [0.15, 0.2) is 30.3 Å². The van der Waals surface area contributed by atoms with Gasteiger partial charge in [0.15, 0.2) is 0 Å². The lowest BCUT2D eigenvalue weighted by Gasteiger charge is -2.26. The van der Waals surface area contributed by atoms with Crippen molar-refractivity contribution in [2.45, 2.75) is 44.6 Å². The molecule has 2 unspecified atom stereocenters. The second-order valence-corrected chi connectivity index (χ2v) is 6.07. The lowest BCUT2D eigenvalue weighted by molar-refractivity contribution is -0.127. The maximum absolute atomic E-state index is 12.1. The number of aliphatic hydroxyl groups excluding tert-OH is 1. The van der Waals surface area contributed by atoms with Crippen molar-refractivity contribution in [3.63, 3.8) is 0 Å². The van der Waals surface area contributed by atoms with Gasteiger partial charge in [-0.1, -0.05) is 44.2 Å². The van der Waals surface area contributed by atoms with Crippen molar-refractivity contribution in [3.8, 4) is 0 Å². The number of aliphatic hydroxyl groups is 1. The average molecular weight is 261 g/mol. The minimum atomic E-state index is -0.458. The van der Waals surface area contributed by atoms with Crippen molar-refractivity contribution in [1.82, 2.24) is 5.32 Å². The van der Waals surface area contributed by atoms with Crippen molar-refractivity contribution in [1.29, 1.82) is 0 Å². The van der Waals surface area contributed by atoms with E-state index >= 15 is 0 Å². The fraction of sp³-hybridized carbons (Fsp3) is 0.562. The summed E-state index contributed by atoms with van der Waals surface area (Å²) in [5.41, 5.74) is 1.11. The predicted octanol–water partition coefficient (Wildman–Crippen LogP) is 2.24. The molecule has 0 aliphatic heterocycles. The first-order valence-corrected chi connectivity index (χ1v) is 7.02. The van der Waals surface area contributed by atoms with Gasteiger partial charge in [-0.25, -0.2) is 0 Å². The molecule has 0 bridgehead atoms. The van der Waals surface area contributed by atoms with Gasteiger partial charge in [0.05, 0.1) is 12.0 Å². The highest BCUT2D eigenvalue weighted by Crippen LogP contribution is 2.26. The molecule has 1 aromatic carbocycles. The highest BCUT2D eigenvalue weighted by atomic mass is 16.3. The van der Waals surface area contributed by atoms with Crippen molar-refractivity contribution in [2.24, 2.45) is 5.92 Å². The van der Waals surface area contributed by atoms with Crippen LogP contribution >= 0.6 is 0 Å². The molecule has 3 nitrogen and oxygen atoms in total. The zero-order chi connectivity index (χ0) is 13.9. The zero-order valence-electron chi connectivity index (χ0n) is 11.7. The molecule has 2 atom stereocenters. The summed E-state index contributed by atoms with van der Waals surface area (Å²) in [4.78, 5) is 12.1. The van der Waals surface area contributed by atoms with Crippen LogP contribution in [0.4, 0.5) is 0 Å². The summed E-state index contributed by atoms with van der Waals surface area (Å²) < 4.78 is 0. The highest BCUT2D eigenvalue weighted by Gasteiger charge is 2.32. The lowest BCUT2D eigenvalue weighted by atomic mass is 9.84. The van der Waals surface area contributed by atoms with Gasteiger partial charge in [-0.2, -0.15) is 0 Å². The number of amides is 1. The van der Waals surface area contributed by atoms with Gasteiger partial charge in [-0.05, 0) is 24.8 Å². The third-order valence-corrected chi connectivity index (χ3v) is 4.08. The van der Waals surface area contributed by atoms with Crippen LogP contribution in [0.3, 0.4) is 0 Å². The summed E-state index contributed by atoms with van der Waals surface area (Å²) >= 11 is 0. The van der Waals surface area contributed by atoms with Gasteiger partial charge in [0, 0.05) is 12.0 Å². The second kappa shape index (κ2) is 5.74. The van der Waals surface area contributed by atoms with Gasteiger partial charge < -0.3 is 10.4 Å². The summed E-state index contributed by atoms with van der Waals surface area (Å²) in [5, 5.41) is 12.7. The summed E-state index contributed by atoms with van der Waals surface area (Å²) in [6.45, 7) is 4.83. The van der Waals surface area contributed by atoms with Crippen LogP contribution in [0.2, 0.25) is 0 Å². The Morgan fingerprint density at radius 2 is 2.00 bits per heavy atom. The fourth-order valence-electron chi connectivity index (χ4n) is 2.68. The molecule has 2 N–H and O–H groups in total. The first kappa shape index (κ1) is 14.1.